The summed E-state index contributed by atoms with van der Waals surface area (Å²) in [6.07, 6.45) is 6.38. The van der Waals surface area contributed by atoms with Gasteiger partial charge in [0.25, 0.3) is 0 Å². The molecule has 0 fully saturated rings. The molecule has 0 heteroatoms. The zero-order chi connectivity index (χ0) is 11.1. The zero-order valence-electron chi connectivity index (χ0n) is 10.4. The summed E-state index contributed by atoms with van der Waals surface area (Å²) in [4.78, 5) is 0. The van der Waals surface area contributed by atoms with E-state index in [4.69, 9.17) is 0 Å². The van der Waals surface area contributed by atoms with Crippen LogP contribution in [-0.4, -0.2) is 0 Å². The average molecular weight is 204 g/mol. The molecule has 84 valence electrons. The lowest BCUT2D eigenvalue weighted by Gasteiger charge is -2.18. The number of aryl methyl sites for hydroxylation is 1. The molecule has 0 amide bonds. The van der Waals surface area contributed by atoms with Gasteiger partial charge in [-0.2, -0.15) is 0 Å². The molecule has 0 N–H and O–H groups in total. The molecule has 0 aromatic heterocycles. The summed E-state index contributed by atoms with van der Waals surface area (Å²) < 4.78 is 0. The Labute approximate surface area is 94.7 Å². The van der Waals surface area contributed by atoms with Gasteiger partial charge in [-0.15, -0.1) is 0 Å². The van der Waals surface area contributed by atoms with E-state index in [0.717, 1.165) is 5.92 Å². The summed E-state index contributed by atoms with van der Waals surface area (Å²) in [7, 11) is 0. The normalized spacial score (nSPS) is 12.7. The van der Waals surface area contributed by atoms with Crippen molar-refractivity contribution in [3.05, 3.63) is 35.4 Å². The van der Waals surface area contributed by atoms with Gasteiger partial charge in [-0.25, -0.2) is 0 Å². The molecule has 0 nitrogen and oxygen atoms in total. The average Bonchev–Trinajstić information content (AvgIpc) is 2.27. The lowest BCUT2D eigenvalue weighted by Crippen LogP contribution is -2.01. The fourth-order valence-electron chi connectivity index (χ4n) is 2.36. The van der Waals surface area contributed by atoms with E-state index in [1.54, 1.807) is 11.1 Å². The van der Waals surface area contributed by atoms with Crippen LogP contribution in [0.4, 0.5) is 0 Å². The van der Waals surface area contributed by atoms with Crippen molar-refractivity contribution in [1.29, 1.82) is 0 Å². The molecule has 15 heavy (non-hydrogen) atoms. The van der Waals surface area contributed by atoms with Gasteiger partial charge in [0.05, 0.1) is 0 Å². The standard InChI is InChI=1S/C15H24/c1-4-9-13(6-3)15-12-8-7-11-14(15)10-5-2/h7-8,11-13H,4-6,9-10H2,1-3H3. The molecule has 1 rings (SSSR count). The van der Waals surface area contributed by atoms with E-state index in [2.05, 4.69) is 45.0 Å². The van der Waals surface area contributed by atoms with Gasteiger partial charge in [-0.3, -0.25) is 0 Å². The summed E-state index contributed by atoms with van der Waals surface area (Å²) >= 11 is 0. The second-order valence-corrected chi connectivity index (χ2v) is 4.34. The summed E-state index contributed by atoms with van der Waals surface area (Å²) in [5, 5.41) is 0. The van der Waals surface area contributed by atoms with Gasteiger partial charge < -0.3 is 0 Å². The van der Waals surface area contributed by atoms with Crippen molar-refractivity contribution in [3.63, 3.8) is 0 Å². The Balaban J connectivity index is 2.88. The van der Waals surface area contributed by atoms with E-state index in [9.17, 15) is 0 Å². The van der Waals surface area contributed by atoms with Gasteiger partial charge in [0.15, 0.2) is 0 Å². The highest BCUT2D eigenvalue weighted by molar-refractivity contribution is 5.30. The maximum absolute atomic E-state index is 2.33. The van der Waals surface area contributed by atoms with Crippen LogP contribution in [0.1, 0.15) is 63.5 Å². The van der Waals surface area contributed by atoms with Gasteiger partial charge in [0.2, 0.25) is 0 Å². The van der Waals surface area contributed by atoms with Crippen LogP contribution in [0.25, 0.3) is 0 Å². The minimum Gasteiger partial charge on any atom is -0.0654 e. The lowest BCUT2D eigenvalue weighted by atomic mass is 9.87. The highest BCUT2D eigenvalue weighted by atomic mass is 14.2. The predicted molar refractivity (Wildman–Crippen MR) is 68.4 cm³/mol. The molecule has 0 radical (unpaired) electrons. The van der Waals surface area contributed by atoms with Gasteiger partial charge in [0.1, 0.15) is 0 Å². The third kappa shape index (κ3) is 3.37. The summed E-state index contributed by atoms with van der Waals surface area (Å²) in [6.45, 7) is 6.85. The Hall–Kier alpha value is -0.780. The Morgan fingerprint density at radius 1 is 1.00 bits per heavy atom. The topological polar surface area (TPSA) is 0 Å². The number of hydrogen-bond donors (Lipinski definition) is 0. The Morgan fingerprint density at radius 2 is 1.73 bits per heavy atom. The van der Waals surface area contributed by atoms with Gasteiger partial charge in [-0.05, 0) is 36.3 Å². The first-order chi connectivity index (χ1) is 7.33. The molecule has 1 aromatic carbocycles. The predicted octanol–water partition coefficient (Wildman–Crippen LogP) is 4.93. The quantitative estimate of drug-likeness (QED) is 0.616. The Morgan fingerprint density at radius 3 is 2.33 bits per heavy atom. The molecule has 0 aliphatic heterocycles. The smallest absolute Gasteiger partial charge is 0.0162 e. The molecule has 1 unspecified atom stereocenters. The third-order valence-corrected chi connectivity index (χ3v) is 3.14. The maximum Gasteiger partial charge on any atom is -0.0162 e. The van der Waals surface area contributed by atoms with Crippen LogP contribution < -0.4 is 0 Å². The number of rotatable bonds is 6. The SMILES string of the molecule is CCCc1ccccc1C(CC)CCC. The van der Waals surface area contributed by atoms with Crippen LogP contribution in [-0.2, 0) is 6.42 Å². The summed E-state index contributed by atoms with van der Waals surface area (Å²) in [5.74, 6) is 0.776. The highest BCUT2D eigenvalue weighted by Crippen LogP contribution is 2.28. The van der Waals surface area contributed by atoms with E-state index in [1.807, 2.05) is 0 Å². The van der Waals surface area contributed by atoms with Crippen molar-refractivity contribution in [2.45, 2.75) is 58.8 Å². The molecule has 0 aliphatic carbocycles. The molecule has 0 aliphatic rings. The van der Waals surface area contributed by atoms with Crippen molar-refractivity contribution < 1.29 is 0 Å². The van der Waals surface area contributed by atoms with Crippen LogP contribution in [0.2, 0.25) is 0 Å². The highest BCUT2D eigenvalue weighted by Gasteiger charge is 2.11. The van der Waals surface area contributed by atoms with Crippen molar-refractivity contribution in [3.8, 4) is 0 Å². The number of hydrogen-bond acceptors (Lipinski definition) is 0. The zero-order valence-corrected chi connectivity index (χ0v) is 10.4. The minimum absolute atomic E-state index is 0.776. The lowest BCUT2D eigenvalue weighted by molar-refractivity contribution is 0.590. The Kier molecular flexibility index (Phi) is 5.45. The first-order valence-electron chi connectivity index (χ1n) is 6.41. The van der Waals surface area contributed by atoms with E-state index in [1.165, 1.54) is 32.1 Å². The summed E-state index contributed by atoms with van der Waals surface area (Å²) in [5.41, 5.74) is 3.17. The van der Waals surface area contributed by atoms with Crippen molar-refractivity contribution in [2.24, 2.45) is 0 Å². The second kappa shape index (κ2) is 6.66. The Bertz CT molecular complexity index is 275. The van der Waals surface area contributed by atoms with Crippen LogP contribution in [0.15, 0.2) is 24.3 Å². The van der Waals surface area contributed by atoms with Crippen LogP contribution in [0.5, 0.6) is 0 Å². The molecular formula is C15H24. The second-order valence-electron chi connectivity index (χ2n) is 4.34. The van der Waals surface area contributed by atoms with Crippen molar-refractivity contribution in [1.82, 2.24) is 0 Å². The van der Waals surface area contributed by atoms with E-state index in [0.29, 0.717) is 0 Å². The molecule has 0 bridgehead atoms. The van der Waals surface area contributed by atoms with Crippen LogP contribution in [0.3, 0.4) is 0 Å². The molecule has 1 aromatic rings. The van der Waals surface area contributed by atoms with E-state index < -0.39 is 0 Å². The molecular weight excluding hydrogens is 180 g/mol. The van der Waals surface area contributed by atoms with Crippen LogP contribution >= 0.6 is 0 Å². The molecule has 0 heterocycles. The van der Waals surface area contributed by atoms with Gasteiger partial charge in [0, 0.05) is 0 Å². The fraction of sp³-hybridized carbons (Fsp3) is 0.600. The monoisotopic (exact) mass is 204 g/mol. The van der Waals surface area contributed by atoms with Crippen LogP contribution in [0, 0.1) is 0 Å². The first kappa shape index (κ1) is 12.3. The van der Waals surface area contributed by atoms with Crippen molar-refractivity contribution >= 4 is 0 Å². The van der Waals surface area contributed by atoms with E-state index in [-0.39, 0.29) is 0 Å². The fourth-order valence-corrected chi connectivity index (χ4v) is 2.36. The molecule has 0 saturated carbocycles. The third-order valence-electron chi connectivity index (χ3n) is 3.14. The molecule has 0 spiro atoms. The molecule has 0 saturated heterocycles. The van der Waals surface area contributed by atoms with Crippen molar-refractivity contribution in [2.75, 3.05) is 0 Å². The van der Waals surface area contributed by atoms with E-state index >= 15 is 0 Å². The van der Waals surface area contributed by atoms with Gasteiger partial charge in [-0.1, -0.05) is 57.9 Å². The summed E-state index contributed by atoms with van der Waals surface area (Å²) in [6, 6.07) is 8.99. The first-order valence-corrected chi connectivity index (χ1v) is 6.41. The largest absolute Gasteiger partial charge is 0.0654 e. The number of benzene rings is 1. The molecule has 1 atom stereocenters. The maximum atomic E-state index is 2.33. The van der Waals surface area contributed by atoms with Gasteiger partial charge >= 0.3 is 0 Å². The minimum atomic E-state index is 0.776.